The zero-order chi connectivity index (χ0) is 11.5. The Morgan fingerprint density at radius 1 is 1.27 bits per heavy atom. The van der Waals surface area contributed by atoms with E-state index in [0.717, 1.165) is 4.47 Å². The van der Waals surface area contributed by atoms with Crippen molar-refractivity contribution in [2.45, 2.75) is 18.7 Å². The molecule has 0 saturated carbocycles. The van der Waals surface area contributed by atoms with E-state index < -0.39 is 18.7 Å². The second-order valence-electron chi connectivity index (χ2n) is 3.10. The summed E-state index contributed by atoms with van der Waals surface area (Å²) in [5.74, 6) is 0. The third-order valence-corrected chi connectivity index (χ3v) is 2.47. The quantitative estimate of drug-likeness (QED) is 0.811. The summed E-state index contributed by atoms with van der Waals surface area (Å²) in [6.45, 7) is 0. The summed E-state index contributed by atoms with van der Waals surface area (Å²) in [4.78, 5) is 0. The largest absolute Gasteiger partial charge is 0.391 e. The Morgan fingerprint density at radius 2 is 1.80 bits per heavy atom. The molecular formula is C10H10BrF3O. The highest BCUT2D eigenvalue weighted by molar-refractivity contribution is 9.10. The van der Waals surface area contributed by atoms with Crippen LogP contribution < -0.4 is 0 Å². The zero-order valence-electron chi connectivity index (χ0n) is 8.01. The van der Waals surface area contributed by atoms with Crippen molar-refractivity contribution in [2.24, 2.45) is 0 Å². The Morgan fingerprint density at radius 3 is 2.20 bits per heavy atom. The third kappa shape index (κ3) is 4.22. The standard InChI is InChI=1S/C10H10BrF3O/c1-15-9(6-10(12,13)14)7-2-4-8(11)5-3-7/h2-5,9H,6H2,1H3. The van der Waals surface area contributed by atoms with Crippen molar-refractivity contribution in [2.75, 3.05) is 7.11 Å². The van der Waals surface area contributed by atoms with E-state index in [1.165, 1.54) is 7.11 Å². The zero-order valence-corrected chi connectivity index (χ0v) is 9.60. The molecule has 0 spiro atoms. The lowest BCUT2D eigenvalue weighted by Crippen LogP contribution is -2.15. The number of hydrogen-bond donors (Lipinski definition) is 0. The number of methoxy groups -OCH3 is 1. The SMILES string of the molecule is COC(CC(F)(F)F)c1ccc(Br)cc1. The van der Waals surface area contributed by atoms with Gasteiger partial charge in [-0.15, -0.1) is 0 Å². The van der Waals surface area contributed by atoms with Crippen LogP contribution in [0.4, 0.5) is 13.2 Å². The molecule has 5 heteroatoms. The molecule has 0 heterocycles. The Labute approximate surface area is 94.4 Å². The van der Waals surface area contributed by atoms with E-state index in [0.29, 0.717) is 5.56 Å². The number of halogens is 4. The minimum Gasteiger partial charge on any atom is -0.376 e. The molecule has 84 valence electrons. The lowest BCUT2D eigenvalue weighted by Gasteiger charge is -2.17. The second-order valence-corrected chi connectivity index (χ2v) is 4.01. The van der Waals surface area contributed by atoms with E-state index in [1.807, 2.05) is 0 Å². The maximum absolute atomic E-state index is 12.2. The molecule has 0 aliphatic carbocycles. The molecule has 1 unspecified atom stereocenters. The van der Waals surface area contributed by atoms with Gasteiger partial charge in [0.1, 0.15) is 0 Å². The number of benzene rings is 1. The molecule has 1 aromatic carbocycles. The number of ether oxygens (including phenoxy) is 1. The molecule has 0 saturated heterocycles. The van der Waals surface area contributed by atoms with Gasteiger partial charge in [0.25, 0.3) is 0 Å². The minimum atomic E-state index is -4.21. The Hall–Kier alpha value is -0.550. The van der Waals surface area contributed by atoms with Crippen molar-refractivity contribution in [1.82, 2.24) is 0 Å². The first-order valence-electron chi connectivity index (χ1n) is 4.27. The molecule has 0 aromatic heterocycles. The first kappa shape index (κ1) is 12.5. The minimum absolute atomic E-state index is 0.526. The van der Waals surface area contributed by atoms with Crippen LogP contribution in [0.25, 0.3) is 0 Å². The summed E-state index contributed by atoms with van der Waals surface area (Å²) in [5.41, 5.74) is 0.526. The predicted octanol–water partition coefficient (Wildman–Crippen LogP) is 4.09. The number of hydrogen-bond acceptors (Lipinski definition) is 1. The van der Waals surface area contributed by atoms with Gasteiger partial charge in [-0.1, -0.05) is 28.1 Å². The predicted molar refractivity (Wildman–Crippen MR) is 54.6 cm³/mol. The Bertz CT molecular complexity index is 307. The summed E-state index contributed by atoms with van der Waals surface area (Å²) < 4.78 is 42.1. The van der Waals surface area contributed by atoms with Gasteiger partial charge in [0, 0.05) is 11.6 Å². The van der Waals surface area contributed by atoms with Crippen LogP contribution >= 0.6 is 15.9 Å². The summed E-state index contributed by atoms with van der Waals surface area (Å²) >= 11 is 3.21. The Balaban J connectivity index is 2.79. The van der Waals surface area contributed by atoms with E-state index in [4.69, 9.17) is 4.74 Å². The van der Waals surface area contributed by atoms with Crippen LogP contribution in [0.1, 0.15) is 18.1 Å². The van der Waals surface area contributed by atoms with Crippen LogP contribution in [-0.4, -0.2) is 13.3 Å². The molecule has 0 N–H and O–H groups in total. The van der Waals surface area contributed by atoms with Crippen molar-refractivity contribution < 1.29 is 17.9 Å². The van der Waals surface area contributed by atoms with E-state index in [9.17, 15) is 13.2 Å². The van der Waals surface area contributed by atoms with Crippen LogP contribution in [0.15, 0.2) is 28.7 Å². The molecule has 1 nitrogen and oxygen atoms in total. The summed E-state index contributed by atoms with van der Waals surface area (Å²) in [6.07, 6.45) is -6.11. The fourth-order valence-electron chi connectivity index (χ4n) is 1.22. The summed E-state index contributed by atoms with van der Waals surface area (Å²) in [7, 11) is 1.28. The van der Waals surface area contributed by atoms with Gasteiger partial charge >= 0.3 is 6.18 Å². The molecule has 0 bridgehead atoms. The molecule has 0 fully saturated rings. The second kappa shape index (κ2) is 4.99. The van der Waals surface area contributed by atoms with Gasteiger partial charge in [-0.3, -0.25) is 0 Å². The molecule has 0 aliphatic rings. The molecule has 0 aliphatic heterocycles. The average Bonchev–Trinajstić information content (AvgIpc) is 2.14. The van der Waals surface area contributed by atoms with E-state index >= 15 is 0 Å². The summed E-state index contributed by atoms with van der Waals surface area (Å²) in [6, 6.07) is 6.61. The summed E-state index contributed by atoms with van der Waals surface area (Å²) in [5, 5.41) is 0. The van der Waals surface area contributed by atoms with Crippen LogP contribution in [0, 0.1) is 0 Å². The van der Waals surface area contributed by atoms with Gasteiger partial charge in [-0.25, -0.2) is 0 Å². The molecule has 1 atom stereocenters. The molecule has 0 amide bonds. The lowest BCUT2D eigenvalue weighted by atomic mass is 10.1. The Kier molecular flexibility index (Phi) is 4.16. The normalized spacial score (nSPS) is 13.9. The van der Waals surface area contributed by atoms with Gasteiger partial charge in [0.15, 0.2) is 0 Å². The van der Waals surface area contributed by atoms with Crippen molar-refractivity contribution in [3.05, 3.63) is 34.3 Å². The van der Waals surface area contributed by atoms with E-state index in [1.54, 1.807) is 24.3 Å². The number of rotatable bonds is 3. The molecular weight excluding hydrogens is 273 g/mol. The monoisotopic (exact) mass is 282 g/mol. The first-order valence-corrected chi connectivity index (χ1v) is 5.06. The van der Waals surface area contributed by atoms with Gasteiger partial charge in [0.2, 0.25) is 0 Å². The smallest absolute Gasteiger partial charge is 0.376 e. The van der Waals surface area contributed by atoms with Crippen molar-refractivity contribution in [3.63, 3.8) is 0 Å². The third-order valence-electron chi connectivity index (χ3n) is 1.94. The van der Waals surface area contributed by atoms with Crippen LogP contribution in [0.5, 0.6) is 0 Å². The fourth-order valence-corrected chi connectivity index (χ4v) is 1.49. The maximum Gasteiger partial charge on any atom is 0.391 e. The maximum atomic E-state index is 12.2. The molecule has 0 radical (unpaired) electrons. The lowest BCUT2D eigenvalue weighted by molar-refractivity contribution is -0.158. The first-order chi connectivity index (χ1) is 6.92. The van der Waals surface area contributed by atoms with Crippen molar-refractivity contribution in [1.29, 1.82) is 0 Å². The van der Waals surface area contributed by atoms with Crippen LogP contribution in [0.2, 0.25) is 0 Å². The molecule has 15 heavy (non-hydrogen) atoms. The van der Waals surface area contributed by atoms with Crippen LogP contribution in [0.3, 0.4) is 0 Å². The average molecular weight is 283 g/mol. The van der Waals surface area contributed by atoms with E-state index in [-0.39, 0.29) is 0 Å². The highest BCUT2D eigenvalue weighted by Gasteiger charge is 2.32. The van der Waals surface area contributed by atoms with Crippen LogP contribution in [-0.2, 0) is 4.74 Å². The number of alkyl halides is 3. The van der Waals surface area contributed by atoms with Gasteiger partial charge in [0.05, 0.1) is 12.5 Å². The topological polar surface area (TPSA) is 9.23 Å². The highest BCUT2D eigenvalue weighted by Crippen LogP contribution is 2.31. The van der Waals surface area contributed by atoms with Crippen molar-refractivity contribution >= 4 is 15.9 Å². The van der Waals surface area contributed by atoms with E-state index in [2.05, 4.69) is 15.9 Å². The van der Waals surface area contributed by atoms with Gasteiger partial charge in [-0.05, 0) is 17.7 Å². The highest BCUT2D eigenvalue weighted by atomic mass is 79.9. The van der Waals surface area contributed by atoms with Gasteiger partial charge in [-0.2, -0.15) is 13.2 Å². The van der Waals surface area contributed by atoms with Crippen molar-refractivity contribution in [3.8, 4) is 0 Å². The van der Waals surface area contributed by atoms with Gasteiger partial charge < -0.3 is 4.74 Å². The fraction of sp³-hybridized carbons (Fsp3) is 0.400. The molecule has 1 aromatic rings. The molecule has 1 rings (SSSR count).